The topological polar surface area (TPSA) is 116 Å². The molecule has 0 aromatic heterocycles. The number of carboxylic acids is 1. The monoisotopic (exact) mass is 446 g/mol. The first-order valence-electron chi connectivity index (χ1n) is 9.85. The van der Waals surface area contributed by atoms with Crippen LogP contribution in [0.3, 0.4) is 0 Å². The van der Waals surface area contributed by atoms with Gasteiger partial charge in [0, 0.05) is 11.3 Å². The molecule has 0 aliphatic carbocycles. The Bertz CT molecular complexity index is 1100. The van der Waals surface area contributed by atoms with E-state index in [2.05, 4.69) is 5.32 Å². The summed E-state index contributed by atoms with van der Waals surface area (Å²) in [5.41, 5.74) is 1.91. The van der Waals surface area contributed by atoms with Gasteiger partial charge in [-0.3, -0.25) is 9.59 Å². The van der Waals surface area contributed by atoms with Crippen molar-refractivity contribution in [2.24, 2.45) is 5.92 Å². The molecule has 9 heteroatoms. The number of aliphatic hydroxyl groups excluding tert-OH is 1. The van der Waals surface area contributed by atoms with Gasteiger partial charge in [0.15, 0.2) is 0 Å². The fraction of sp³-hybridized carbons (Fsp3) is 0.261. The summed E-state index contributed by atoms with van der Waals surface area (Å²) in [5.74, 6) is -1.88. The minimum atomic E-state index is -1.21. The van der Waals surface area contributed by atoms with Crippen LogP contribution in [0.4, 0.5) is 5.69 Å². The fourth-order valence-electron chi connectivity index (χ4n) is 4.25. The SMILES string of the molecule is COc1ccc(NC(=O)c2cccc(C3=C(C(=O)O)N4C(=O)[C@H]([C@@H](C)O)[C@H]4C3)c2)cc1.[NaH]. The van der Waals surface area contributed by atoms with Gasteiger partial charge >= 0.3 is 35.5 Å². The molecule has 32 heavy (non-hydrogen) atoms. The number of hydrogen-bond acceptors (Lipinski definition) is 5. The number of nitrogens with zero attached hydrogens (tertiary/aromatic N) is 1. The number of carboxylic acid groups (broad SMARTS) is 1. The second-order valence-corrected chi connectivity index (χ2v) is 7.64. The number of aliphatic hydroxyl groups is 1. The number of ether oxygens (including phenoxy) is 1. The second kappa shape index (κ2) is 9.46. The molecule has 2 aromatic rings. The molecule has 2 aromatic carbocycles. The fourth-order valence-corrected chi connectivity index (χ4v) is 4.25. The molecule has 2 aliphatic heterocycles. The molecule has 0 saturated carbocycles. The first kappa shape index (κ1) is 24.0. The molecule has 0 bridgehead atoms. The number of amides is 2. The first-order valence-corrected chi connectivity index (χ1v) is 9.85. The second-order valence-electron chi connectivity index (χ2n) is 7.64. The Morgan fingerprint density at radius 2 is 1.88 bits per heavy atom. The van der Waals surface area contributed by atoms with Crippen molar-refractivity contribution in [1.82, 2.24) is 4.90 Å². The normalized spacial score (nSPS) is 20.1. The molecule has 0 radical (unpaired) electrons. The summed E-state index contributed by atoms with van der Waals surface area (Å²) in [6.45, 7) is 1.53. The van der Waals surface area contributed by atoms with Crippen molar-refractivity contribution in [3.05, 3.63) is 65.4 Å². The zero-order valence-corrected chi connectivity index (χ0v) is 17.0. The van der Waals surface area contributed by atoms with E-state index in [1.807, 2.05) is 0 Å². The van der Waals surface area contributed by atoms with E-state index in [1.54, 1.807) is 55.6 Å². The van der Waals surface area contributed by atoms with Gasteiger partial charge in [-0.1, -0.05) is 12.1 Å². The number of β-lactam (4-membered cyclic amide) rings is 1. The van der Waals surface area contributed by atoms with Gasteiger partial charge in [-0.05, 0) is 60.9 Å². The number of aliphatic carboxylic acids is 1. The van der Waals surface area contributed by atoms with Crippen LogP contribution in [0.1, 0.15) is 29.3 Å². The molecule has 162 valence electrons. The zero-order chi connectivity index (χ0) is 22.3. The van der Waals surface area contributed by atoms with Gasteiger partial charge in [0.25, 0.3) is 5.91 Å². The van der Waals surface area contributed by atoms with Gasteiger partial charge in [-0.15, -0.1) is 0 Å². The summed E-state index contributed by atoms with van der Waals surface area (Å²) in [4.78, 5) is 38.3. The maximum atomic E-state index is 12.7. The molecular weight excluding hydrogens is 423 g/mol. The molecule has 1 saturated heterocycles. The summed E-state index contributed by atoms with van der Waals surface area (Å²) in [5, 5.41) is 22.4. The van der Waals surface area contributed by atoms with Gasteiger partial charge in [0.1, 0.15) is 11.4 Å². The molecule has 4 rings (SSSR count). The summed E-state index contributed by atoms with van der Waals surface area (Å²) in [7, 11) is 1.56. The number of nitrogens with one attached hydrogen (secondary N) is 1. The molecule has 3 atom stereocenters. The number of fused-ring (bicyclic) bond motifs is 1. The van der Waals surface area contributed by atoms with Gasteiger partial charge in [0.2, 0.25) is 5.91 Å². The Morgan fingerprint density at radius 1 is 1.19 bits per heavy atom. The van der Waals surface area contributed by atoms with Crippen LogP contribution in [-0.2, 0) is 9.59 Å². The van der Waals surface area contributed by atoms with E-state index in [1.165, 1.54) is 11.8 Å². The average Bonchev–Trinajstić information content (AvgIpc) is 3.09. The number of methoxy groups -OCH3 is 1. The predicted octanol–water partition coefficient (Wildman–Crippen LogP) is 1.71. The van der Waals surface area contributed by atoms with E-state index in [0.29, 0.717) is 34.6 Å². The first-order chi connectivity index (χ1) is 14.8. The van der Waals surface area contributed by atoms with Crippen molar-refractivity contribution in [3.8, 4) is 5.75 Å². The number of benzene rings is 2. The van der Waals surface area contributed by atoms with Crippen molar-refractivity contribution >= 4 is 58.6 Å². The Balaban J connectivity index is 0.00000289. The molecule has 2 aliphatic rings. The number of carbonyl (C=O) groups excluding carboxylic acids is 2. The van der Waals surface area contributed by atoms with Crippen LogP contribution < -0.4 is 10.1 Å². The van der Waals surface area contributed by atoms with Crippen molar-refractivity contribution in [2.45, 2.75) is 25.5 Å². The van der Waals surface area contributed by atoms with Crippen LogP contribution in [-0.4, -0.2) is 81.7 Å². The van der Waals surface area contributed by atoms with E-state index in [-0.39, 0.29) is 53.1 Å². The van der Waals surface area contributed by atoms with E-state index < -0.39 is 18.0 Å². The van der Waals surface area contributed by atoms with Gasteiger partial charge in [0.05, 0.1) is 25.2 Å². The zero-order valence-electron chi connectivity index (χ0n) is 17.0. The van der Waals surface area contributed by atoms with Crippen molar-refractivity contribution in [1.29, 1.82) is 0 Å². The number of rotatable bonds is 6. The maximum absolute atomic E-state index is 12.7. The van der Waals surface area contributed by atoms with Gasteiger partial charge in [-0.25, -0.2) is 4.79 Å². The van der Waals surface area contributed by atoms with Crippen LogP contribution in [0.15, 0.2) is 54.2 Å². The molecule has 0 unspecified atom stereocenters. The Hall–Kier alpha value is -2.65. The third kappa shape index (κ3) is 4.19. The molecule has 2 heterocycles. The van der Waals surface area contributed by atoms with Crippen molar-refractivity contribution < 1.29 is 29.3 Å². The third-order valence-electron chi connectivity index (χ3n) is 5.75. The summed E-state index contributed by atoms with van der Waals surface area (Å²) >= 11 is 0. The van der Waals surface area contributed by atoms with Gasteiger partial charge in [-0.2, -0.15) is 0 Å². The number of anilines is 1. The molecular formula is C23H23N2NaO6. The Kier molecular flexibility index (Phi) is 7.09. The van der Waals surface area contributed by atoms with Crippen LogP contribution >= 0.6 is 0 Å². The van der Waals surface area contributed by atoms with Crippen LogP contribution in [0.2, 0.25) is 0 Å². The van der Waals surface area contributed by atoms with Crippen molar-refractivity contribution in [3.63, 3.8) is 0 Å². The average molecular weight is 446 g/mol. The molecule has 3 N–H and O–H groups in total. The molecule has 1 fully saturated rings. The number of carbonyl (C=O) groups is 3. The van der Waals surface area contributed by atoms with E-state index in [9.17, 15) is 24.6 Å². The summed E-state index contributed by atoms with van der Waals surface area (Å²) in [6.07, 6.45) is -0.545. The Labute approximate surface area is 207 Å². The van der Waals surface area contributed by atoms with E-state index in [0.717, 1.165) is 0 Å². The standard InChI is InChI=1S/C23H22N2O6.Na.H/c1-12(26)19-18-11-17(20(23(29)30)25(18)22(19)28)13-4-3-5-14(10-13)21(27)24-15-6-8-16(31-2)9-7-15;;/h3-10,12,18-19,26H,11H2,1-2H3,(H,24,27)(H,29,30);;/t12-,18-,19-;;/m1../s1. The Morgan fingerprint density at radius 3 is 2.47 bits per heavy atom. The van der Waals surface area contributed by atoms with Crippen LogP contribution in [0, 0.1) is 5.92 Å². The molecule has 0 spiro atoms. The third-order valence-corrected chi connectivity index (χ3v) is 5.75. The van der Waals surface area contributed by atoms with Crippen LogP contribution in [0.25, 0.3) is 5.57 Å². The summed E-state index contributed by atoms with van der Waals surface area (Å²) < 4.78 is 5.10. The van der Waals surface area contributed by atoms with Crippen LogP contribution in [0.5, 0.6) is 5.75 Å². The number of hydrogen-bond donors (Lipinski definition) is 3. The minimum absolute atomic E-state index is 0. The van der Waals surface area contributed by atoms with Gasteiger partial charge < -0.3 is 25.2 Å². The molecule has 8 nitrogen and oxygen atoms in total. The molecule has 2 amide bonds. The predicted molar refractivity (Wildman–Crippen MR) is 120 cm³/mol. The summed E-state index contributed by atoms with van der Waals surface area (Å²) in [6, 6.07) is 13.2. The quantitative estimate of drug-likeness (QED) is 0.460. The van der Waals surface area contributed by atoms with E-state index >= 15 is 0 Å². The van der Waals surface area contributed by atoms with E-state index in [4.69, 9.17) is 4.74 Å². The van der Waals surface area contributed by atoms with Crippen molar-refractivity contribution in [2.75, 3.05) is 12.4 Å².